The van der Waals surface area contributed by atoms with E-state index in [4.69, 9.17) is 14.2 Å². The van der Waals surface area contributed by atoms with Gasteiger partial charge < -0.3 is 14.2 Å². The van der Waals surface area contributed by atoms with Crippen LogP contribution in [0.1, 0.15) is 26.6 Å². The third kappa shape index (κ3) is 4.40. The molecule has 6 heteroatoms. The number of carbonyl (C=O) groups excluding carboxylic acids is 1. The lowest BCUT2D eigenvalue weighted by Crippen LogP contribution is -2.09. The number of benzene rings is 2. The second kappa shape index (κ2) is 8.01. The molecule has 5 nitrogen and oxygen atoms in total. The van der Waals surface area contributed by atoms with Gasteiger partial charge in [-0.15, -0.1) is 11.3 Å². The number of methoxy groups -OCH3 is 1. The summed E-state index contributed by atoms with van der Waals surface area (Å²) in [5.74, 6) is 1.01. The van der Waals surface area contributed by atoms with Gasteiger partial charge in [0.1, 0.15) is 12.4 Å². The van der Waals surface area contributed by atoms with Gasteiger partial charge in [-0.1, -0.05) is 12.1 Å². The molecule has 0 aliphatic rings. The van der Waals surface area contributed by atoms with E-state index in [9.17, 15) is 4.79 Å². The number of carbonyl (C=O) groups is 1. The minimum atomic E-state index is -0.470. The van der Waals surface area contributed by atoms with Crippen molar-refractivity contribution in [3.8, 4) is 17.2 Å². The highest BCUT2D eigenvalue weighted by molar-refractivity contribution is 7.09. The Labute approximate surface area is 156 Å². The van der Waals surface area contributed by atoms with Gasteiger partial charge in [0.25, 0.3) is 0 Å². The first-order valence-corrected chi connectivity index (χ1v) is 8.94. The fourth-order valence-electron chi connectivity index (χ4n) is 2.36. The molecule has 0 spiro atoms. The molecule has 26 heavy (non-hydrogen) atoms. The molecule has 1 heterocycles. The molecule has 0 unspecified atom stereocenters. The van der Waals surface area contributed by atoms with E-state index in [1.807, 2.05) is 31.4 Å². The van der Waals surface area contributed by atoms with Crippen molar-refractivity contribution in [2.75, 3.05) is 7.11 Å². The normalized spacial score (nSPS) is 10.4. The van der Waals surface area contributed by atoms with Crippen molar-refractivity contribution in [1.82, 2.24) is 4.98 Å². The molecule has 0 amide bonds. The highest BCUT2D eigenvalue weighted by atomic mass is 32.1. The SMILES string of the molecule is COc1cc(C)ccc1OC(=O)c1cccc(OCc2csc(C)n2)c1. The minimum absolute atomic E-state index is 0.356. The van der Waals surface area contributed by atoms with Crippen molar-refractivity contribution in [1.29, 1.82) is 0 Å². The molecular weight excluding hydrogens is 350 g/mol. The van der Waals surface area contributed by atoms with E-state index >= 15 is 0 Å². The van der Waals surface area contributed by atoms with Gasteiger partial charge in [-0.2, -0.15) is 0 Å². The molecule has 0 aliphatic heterocycles. The number of rotatable bonds is 6. The molecule has 0 N–H and O–H groups in total. The summed E-state index contributed by atoms with van der Waals surface area (Å²) in [7, 11) is 1.54. The zero-order valence-corrected chi connectivity index (χ0v) is 15.6. The van der Waals surface area contributed by atoms with Gasteiger partial charge >= 0.3 is 5.97 Å². The minimum Gasteiger partial charge on any atom is -0.493 e. The first-order chi connectivity index (χ1) is 12.5. The van der Waals surface area contributed by atoms with Crippen molar-refractivity contribution in [3.63, 3.8) is 0 Å². The fraction of sp³-hybridized carbons (Fsp3) is 0.200. The smallest absolute Gasteiger partial charge is 0.343 e. The molecule has 0 aliphatic carbocycles. The van der Waals surface area contributed by atoms with Crippen LogP contribution in [-0.2, 0) is 6.61 Å². The van der Waals surface area contributed by atoms with Gasteiger partial charge in [0, 0.05) is 5.38 Å². The molecular formula is C20H19NO4S. The lowest BCUT2D eigenvalue weighted by molar-refractivity contribution is 0.0729. The van der Waals surface area contributed by atoms with E-state index in [0.717, 1.165) is 16.3 Å². The number of nitrogens with zero attached hydrogens (tertiary/aromatic N) is 1. The van der Waals surface area contributed by atoms with Gasteiger partial charge in [-0.05, 0) is 49.7 Å². The van der Waals surface area contributed by atoms with Crippen molar-refractivity contribution in [3.05, 3.63) is 69.7 Å². The van der Waals surface area contributed by atoms with Crippen LogP contribution in [0.2, 0.25) is 0 Å². The van der Waals surface area contributed by atoms with Crippen LogP contribution in [0.15, 0.2) is 47.8 Å². The summed E-state index contributed by atoms with van der Waals surface area (Å²) in [6, 6.07) is 12.3. The molecule has 0 atom stereocenters. The first-order valence-electron chi connectivity index (χ1n) is 8.06. The molecule has 2 aromatic carbocycles. The Morgan fingerprint density at radius 2 is 1.96 bits per heavy atom. The van der Waals surface area contributed by atoms with Crippen LogP contribution < -0.4 is 14.2 Å². The number of hydrogen-bond donors (Lipinski definition) is 0. The summed E-state index contributed by atoms with van der Waals surface area (Å²) in [6.45, 7) is 4.25. The van der Waals surface area contributed by atoms with Gasteiger partial charge in [0.2, 0.25) is 0 Å². The second-order valence-electron chi connectivity index (χ2n) is 5.72. The Kier molecular flexibility index (Phi) is 5.53. The van der Waals surface area contributed by atoms with E-state index in [1.165, 1.54) is 0 Å². The highest BCUT2D eigenvalue weighted by Crippen LogP contribution is 2.29. The van der Waals surface area contributed by atoms with Crippen molar-refractivity contribution >= 4 is 17.3 Å². The zero-order chi connectivity index (χ0) is 18.5. The molecule has 3 aromatic rings. The predicted molar refractivity (Wildman–Crippen MR) is 100 cm³/mol. The Morgan fingerprint density at radius 3 is 2.69 bits per heavy atom. The number of aromatic nitrogens is 1. The van der Waals surface area contributed by atoms with Crippen molar-refractivity contribution in [2.45, 2.75) is 20.5 Å². The summed E-state index contributed by atoms with van der Waals surface area (Å²) in [5, 5.41) is 2.95. The second-order valence-corrected chi connectivity index (χ2v) is 6.78. The van der Waals surface area contributed by atoms with Gasteiger partial charge in [-0.25, -0.2) is 9.78 Å². The molecule has 0 bridgehead atoms. The standard InChI is InChI=1S/C20H19NO4S/c1-13-7-8-18(19(9-13)23-3)25-20(22)15-5-4-6-17(10-15)24-11-16-12-26-14(2)21-16/h4-10,12H,11H2,1-3H3. The third-order valence-corrected chi connectivity index (χ3v) is 4.47. The molecule has 0 saturated carbocycles. The monoisotopic (exact) mass is 369 g/mol. The summed E-state index contributed by atoms with van der Waals surface area (Å²) < 4.78 is 16.5. The van der Waals surface area contributed by atoms with Crippen molar-refractivity contribution in [2.24, 2.45) is 0 Å². The highest BCUT2D eigenvalue weighted by Gasteiger charge is 2.13. The van der Waals surface area contributed by atoms with Crippen LogP contribution in [0.5, 0.6) is 17.2 Å². The maximum Gasteiger partial charge on any atom is 0.343 e. The number of ether oxygens (including phenoxy) is 3. The Balaban J connectivity index is 1.70. The average Bonchev–Trinajstić information content (AvgIpc) is 3.07. The number of esters is 1. The van der Waals surface area contributed by atoms with Crippen LogP contribution in [-0.4, -0.2) is 18.1 Å². The molecule has 1 aromatic heterocycles. The van der Waals surface area contributed by atoms with Crippen LogP contribution in [0, 0.1) is 13.8 Å². The van der Waals surface area contributed by atoms with Gasteiger partial charge in [0.15, 0.2) is 11.5 Å². The van der Waals surface area contributed by atoms with Crippen LogP contribution >= 0.6 is 11.3 Å². The van der Waals surface area contributed by atoms with Crippen LogP contribution in [0.3, 0.4) is 0 Å². The van der Waals surface area contributed by atoms with E-state index < -0.39 is 5.97 Å². The summed E-state index contributed by atoms with van der Waals surface area (Å²) >= 11 is 1.58. The third-order valence-electron chi connectivity index (χ3n) is 3.64. The Hall–Kier alpha value is -2.86. The molecule has 0 radical (unpaired) electrons. The summed E-state index contributed by atoms with van der Waals surface area (Å²) in [4.78, 5) is 16.8. The van der Waals surface area contributed by atoms with E-state index in [1.54, 1.807) is 48.8 Å². The van der Waals surface area contributed by atoms with Crippen molar-refractivity contribution < 1.29 is 19.0 Å². The Morgan fingerprint density at radius 1 is 1.12 bits per heavy atom. The topological polar surface area (TPSA) is 57.7 Å². The quantitative estimate of drug-likeness (QED) is 0.471. The number of aryl methyl sites for hydroxylation is 2. The molecule has 0 fully saturated rings. The van der Waals surface area contributed by atoms with E-state index in [-0.39, 0.29) is 0 Å². The van der Waals surface area contributed by atoms with E-state index in [0.29, 0.717) is 29.4 Å². The van der Waals surface area contributed by atoms with Crippen LogP contribution in [0.4, 0.5) is 0 Å². The number of hydrogen-bond acceptors (Lipinski definition) is 6. The summed E-state index contributed by atoms with van der Waals surface area (Å²) in [6.07, 6.45) is 0. The molecule has 134 valence electrons. The largest absolute Gasteiger partial charge is 0.493 e. The zero-order valence-electron chi connectivity index (χ0n) is 14.8. The lowest BCUT2D eigenvalue weighted by atomic mass is 10.2. The predicted octanol–water partition coefficient (Wildman–Crippen LogP) is 4.57. The molecule has 0 saturated heterocycles. The maximum atomic E-state index is 12.5. The van der Waals surface area contributed by atoms with Gasteiger partial charge in [-0.3, -0.25) is 0 Å². The number of thiazole rings is 1. The maximum absolute atomic E-state index is 12.5. The van der Waals surface area contributed by atoms with Crippen LogP contribution in [0.25, 0.3) is 0 Å². The van der Waals surface area contributed by atoms with E-state index in [2.05, 4.69) is 4.98 Å². The summed E-state index contributed by atoms with van der Waals surface area (Å²) in [5.41, 5.74) is 2.29. The fourth-order valence-corrected chi connectivity index (χ4v) is 2.96. The average molecular weight is 369 g/mol. The lowest BCUT2D eigenvalue weighted by Gasteiger charge is -2.10. The molecule has 3 rings (SSSR count). The Bertz CT molecular complexity index is 920. The van der Waals surface area contributed by atoms with Gasteiger partial charge in [0.05, 0.1) is 23.4 Å². The first kappa shape index (κ1) is 17.9.